The predicted molar refractivity (Wildman–Crippen MR) is 75.4 cm³/mol. The molecule has 1 heterocycles. The molecule has 0 amide bonds. The number of nitrogens with zero attached hydrogens (tertiary/aromatic N) is 1. The van der Waals surface area contributed by atoms with Crippen LogP contribution in [0.3, 0.4) is 0 Å². The largest absolute Gasteiger partial charge is 0.399 e. The number of nitrogens with two attached hydrogens (primary N) is 1. The van der Waals surface area contributed by atoms with Crippen molar-refractivity contribution in [1.29, 1.82) is 0 Å². The third kappa shape index (κ3) is 1.74. The number of anilines is 1. The van der Waals surface area contributed by atoms with Gasteiger partial charge < -0.3 is 10.7 Å². The van der Waals surface area contributed by atoms with E-state index in [1.165, 1.54) is 11.1 Å². The third-order valence-corrected chi connectivity index (χ3v) is 3.14. The summed E-state index contributed by atoms with van der Waals surface area (Å²) in [6.45, 7) is 4.19. The van der Waals surface area contributed by atoms with E-state index in [1.54, 1.807) is 0 Å². The molecular weight excluding hydrogens is 222 g/mol. The molecule has 3 heteroatoms. The lowest BCUT2D eigenvalue weighted by Gasteiger charge is -2.03. The van der Waals surface area contributed by atoms with Crippen LogP contribution in [0, 0.1) is 13.8 Å². The average molecular weight is 237 g/mol. The Hall–Kier alpha value is -2.29. The molecule has 0 aliphatic heterocycles. The number of aryl methyl sites for hydroxylation is 2. The molecule has 3 nitrogen and oxygen atoms in total. The van der Waals surface area contributed by atoms with Crippen molar-refractivity contribution in [2.75, 3.05) is 5.73 Å². The van der Waals surface area contributed by atoms with Crippen LogP contribution < -0.4 is 5.73 Å². The molecule has 0 saturated heterocycles. The molecule has 0 aliphatic rings. The SMILES string of the molecule is Cc1ccc(-c2nc3ccc(N)cc3[nH]2)c(C)c1. The Bertz CT molecular complexity index is 726. The molecule has 3 N–H and O–H groups in total. The summed E-state index contributed by atoms with van der Waals surface area (Å²) in [4.78, 5) is 7.93. The topological polar surface area (TPSA) is 54.7 Å². The first-order chi connectivity index (χ1) is 8.63. The van der Waals surface area contributed by atoms with Gasteiger partial charge in [-0.05, 0) is 37.6 Å². The molecule has 3 rings (SSSR count). The van der Waals surface area contributed by atoms with E-state index in [1.807, 2.05) is 18.2 Å². The lowest BCUT2D eigenvalue weighted by molar-refractivity contribution is 1.29. The summed E-state index contributed by atoms with van der Waals surface area (Å²) >= 11 is 0. The van der Waals surface area contributed by atoms with Crippen LogP contribution in [0.1, 0.15) is 11.1 Å². The maximum atomic E-state index is 5.77. The van der Waals surface area contributed by atoms with Gasteiger partial charge in [0.2, 0.25) is 0 Å². The van der Waals surface area contributed by atoms with Gasteiger partial charge >= 0.3 is 0 Å². The smallest absolute Gasteiger partial charge is 0.138 e. The minimum absolute atomic E-state index is 0.748. The van der Waals surface area contributed by atoms with Gasteiger partial charge in [0.25, 0.3) is 0 Å². The predicted octanol–water partition coefficient (Wildman–Crippen LogP) is 3.43. The fourth-order valence-electron chi connectivity index (χ4n) is 2.23. The highest BCUT2D eigenvalue weighted by Gasteiger charge is 2.07. The molecular formula is C15H15N3. The van der Waals surface area contributed by atoms with Crippen molar-refractivity contribution in [1.82, 2.24) is 9.97 Å². The van der Waals surface area contributed by atoms with Gasteiger partial charge in [-0.2, -0.15) is 0 Å². The van der Waals surface area contributed by atoms with E-state index in [0.717, 1.165) is 28.1 Å². The zero-order valence-electron chi connectivity index (χ0n) is 10.5. The Balaban J connectivity index is 2.19. The van der Waals surface area contributed by atoms with Gasteiger partial charge in [-0.15, -0.1) is 0 Å². The number of fused-ring (bicyclic) bond motifs is 1. The van der Waals surface area contributed by atoms with E-state index in [0.29, 0.717) is 0 Å². The maximum Gasteiger partial charge on any atom is 0.138 e. The van der Waals surface area contributed by atoms with Crippen molar-refractivity contribution < 1.29 is 0 Å². The zero-order valence-corrected chi connectivity index (χ0v) is 10.5. The Labute approximate surface area is 106 Å². The van der Waals surface area contributed by atoms with E-state index >= 15 is 0 Å². The van der Waals surface area contributed by atoms with Crippen LogP contribution in [-0.2, 0) is 0 Å². The second kappa shape index (κ2) is 3.88. The number of nitrogen functional groups attached to an aromatic ring is 1. The minimum atomic E-state index is 0.748. The molecule has 18 heavy (non-hydrogen) atoms. The molecule has 90 valence electrons. The summed E-state index contributed by atoms with van der Waals surface area (Å²) in [6, 6.07) is 12.1. The molecule has 0 atom stereocenters. The standard InChI is InChI=1S/C15H15N3/c1-9-3-5-12(10(2)7-9)15-17-13-6-4-11(16)8-14(13)18-15/h3-8H,16H2,1-2H3,(H,17,18). The number of aromatic amines is 1. The third-order valence-electron chi connectivity index (χ3n) is 3.14. The Morgan fingerprint density at radius 2 is 1.89 bits per heavy atom. The monoisotopic (exact) mass is 237 g/mol. The Morgan fingerprint density at radius 3 is 2.67 bits per heavy atom. The van der Waals surface area contributed by atoms with Crippen LogP contribution >= 0.6 is 0 Å². The number of benzene rings is 2. The van der Waals surface area contributed by atoms with Crippen molar-refractivity contribution in [3.63, 3.8) is 0 Å². The second-order valence-corrected chi connectivity index (χ2v) is 4.68. The van der Waals surface area contributed by atoms with Crippen LogP contribution in [-0.4, -0.2) is 9.97 Å². The first-order valence-electron chi connectivity index (χ1n) is 5.96. The molecule has 0 unspecified atom stereocenters. The summed E-state index contributed by atoms with van der Waals surface area (Å²) in [6.07, 6.45) is 0. The maximum absolute atomic E-state index is 5.77. The quantitative estimate of drug-likeness (QED) is 0.637. The van der Waals surface area contributed by atoms with E-state index in [9.17, 15) is 0 Å². The first kappa shape index (κ1) is 10.8. The van der Waals surface area contributed by atoms with Crippen LogP contribution in [0.2, 0.25) is 0 Å². The molecule has 0 bridgehead atoms. The van der Waals surface area contributed by atoms with Crippen molar-refractivity contribution in [3.8, 4) is 11.4 Å². The van der Waals surface area contributed by atoms with Crippen molar-refractivity contribution in [3.05, 3.63) is 47.5 Å². The van der Waals surface area contributed by atoms with E-state index < -0.39 is 0 Å². The molecule has 0 aliphatic carbocycles. The Morgan fingerprint density at radius 1 is 1.06 bits per heavy atom. The molecule has 2 aromatic carbocycles. The second-order valence-electron chi connectivity index (χ2n) is 4.68. The summed E-state index contributed by atoms with van der Waals surface area (Å²) in [7, 11) is 0. The fraction of sp³-hybridized carbons (Fsp3) is 0.133. The van der Waals surface area contributed by atoms with Gasteiger partial charge in [0.05, 0.1) is 11.0 Å². The molecule has 1 aromatic heterocycles. The van der Waals surface area contributed by atoms with E-state index in [-0.39, 0.29) is 0 Å². The van der Waals surface area contributed by atoms with Gasteiger partial charge in [0.1, 0.15) is 5.82 Å². The highest BCUT2D eigenvalue weighted by Crippen LogP contribution is 2.25. The van der Waals surface area contributed by atoms with Crippen molar-refractivity contribution in [2.24, 2.45) is 0 Å². The molecule has 0 radical (unpaired) electrons. The number of aromatic nitrogens is 2. The average Bonchev–Trinajstić information content (AvgIpc) is 2.71. The molecule has 0 saturated carbocycles. The van der Waals surface area contributed by atoms with E-state index in [2.05, 4.69) is 42.0 Å². The fourth-order valence-corrected chi connectivity index (χ4v) is 2.23. The Kier molecular flexibility index (Phi) is 2.33. The van der Waals surface area contributed by atoms with Gasteiger partial charge in [-0.25, -0.2) is 4.98 Å². The minimum Gasteiger partial charge on any atom is -0.399 e. The number of rotatable bonds is 1. The summed E-state index contributed by atoms with van der Waals surface area (Å²) in [5, 5.41) is 0. The van der Waals surface area contributed by atoms with Crippen molar-refractivity contribution >= 4 is 16.7 Å². The highest BCUT2D eigenvalue weighted by molar-refractivity contribution is 5.82. The lowest BCUT2D eigenvalue weighted by atomic mass is 10.1. The number of hydrogen-bond acceptors (Lipinski definition) is 2. The zero-order chi connectivity index (χ0) is 12.7. The first-order valence-corrected chi connectivity index (χ1v) is 5.96. The van der Waals surface area contributed by atoms with Gasteiger partial charge in [-0.1, -0.05) is 23.8 Å². The van der Waals surface area contributed by atoms with Gasteiger partial charge in [0, 0.05) is 11.3 Å². The highest BCUT2D eigenvalue weighted by atomic mass is 14.9. The van der Waals surface area contributed by atoms with Gasteiger partial charge in [-0.3, -0.25) is 0 Å². The van der Waals surface area contributed by atoms with Crippen LogP contribution in [0.5, 0.6) is 0 Å². The number of H-pyrrole nitrogens is 1. The number of hydrogen-bond donors (Lipinski definition) is 2. The van der Waals surface area contributed by atoms with E-state index in [4.69, 9.17) is 5.73 Å². The number of imidazole rings is 1. The van der Waals surface area contributed by atoms with Crippen LogP contribution in [0.15, 0.2) is 36.4 Å². The van der Waals surface area contributed by atoms with Crippen LogP contribution in [0.25, 0.3) is 22.4 Å². The molecule has 0 spiro atoms. The van der Waals surface area contributed by atoms with Crippen molar-refractivity contribution in [2.45, 2.75) is 13.8 Å². The van der Waals surface area contributed by atoms with Gasteiger partial charge in [0.15, 0.2) is 0 Å². The molecule has 0 fully saturated rings. The normalized spacial score (nSPS) is 11.0. The molecule has 3 aromatic rings. The summed E-state index contributed by atoms with van der Waals surface area (Å²) < 4.78 is 0. The van der Waals surface area contributed by atoms with Crippen LogP contribution in [0.4, 0.5) is 5.69 Å². The number of nitrogens with one attached hydrogen (secondary N) is 1. The summed E-state index contributed by atoms with van der Waals surface area (Å²) in [5.41, 5.74) is 12.1. The summed E-state index contributed by atoms with van der Waals surface area (Å²) in [5.74, 6) is 0.896. The lowest BCUT2D eigenvalue weighted by Crippen LogP contribution is -1.86.